The van der Waals surface area contributed by atoms with E-state index in [9.17, 15) is 4.79 Å². The maximum Gasteiger partial charge on any atom is 0.234 e. The summed E-state index contributed by atoms with van der Waals surface area (Å²) in [4.78, 5) is 14.0. The summed E-state index contributed by atoms with van der Waals surface area (Å²) in [6, 6.07) is 9.92. The Morgan fingerprint density at radius 2 is 2.00 bits per heavy atom. The lowest BCUT2D eigenvalue weighted by atomic mass is 10.1. The molecule has 0 heterocycles. The second-order valence-electron chi connectivity index (χ2n) is 5.05. The van der Waals surface area contributed by atoms with E-state index in [1.807, 2.05) is 42.2 Å². The van der Waals surface area contributed by atoms with Gasteiger partial charge in [0.2, 0.25) is 5.91 Å². The number of unbranched alkanes of at least 4 members (excludes halogenated alkanes) is 1. The van der Waals surface area contributed by atoms with Crippen molar-refractivity contribution in [3.63, 3.8) is 0 Å². The van der Waals surface area contributed by atoms with Crippen LogP contribution >= 0.6 is 0 Å². The summed E-state index contributed by atoms with van der Waals surface area (Å²) in [5.41, 5.74) is 1.10. The van der Waals surface area contributed by atoms with Gasteiger partial charge < -0.3 is 10.4 Å². The van der Waals surface area contributed by atoms with Crippen molar-refractivity contribution >= 4 is 5.91 Å². The van der Waals surface area contributed by atoms with E-state index in [0.29, 0.717) is 13.1 Å². The average Bonchev–Trinajstić information content (AvgIpc) is 2.45. The highest BCUT2D eigenvalue weighted by molar-refractivity contribution is 5.78. The minimum absolute atomic E-state index is 0.00542. The molecule has 0 aliphatic rings. The van der Waals surface area contributed by atoms with E-state index < -0.39 is 0 Å². The molecule has 20 heavy (non-hydrogen) atoms. The van der Waals surface area contributed by atoms with Crippen LogP contribution < -0.4 is 5.32 Å². The molecule has 0 radical (unpaired) electrons. The summed E-state index contributed by atoms with van der Waals surface area (Å²) in [5.74, 6) is 0.00547. The van der Waals surface area contributed by atoms with Gasteiger partial charge in [0.1, 0.15) is 0 Å². The van der Waals surface area contributed by atoms with Crippen LogP contribution in [0.4, 0.5) is 0 Å². The number of benzene rings is 1. The first-order valence-electron chi connectivity index (χ1n) is 7.35. The number of carbonyl (C=O) groups excluding carboxylic acids is 1. The van der Waals surface area contributed by atoms with Gasteiger partial charge in [-0.2, -0.15) is 0 Å². The van der Waals surface area contributed by atoms with E-state index in [0.717, 1.165) is 24.9 Å². The Morgan fingerprint density at radius 1 is 1.30 bits per heavy atom. The zero-order valence-electron chi connectivity index (χ0n) is 12.5. The van der Waals surface area contributed by atoms with Crippen molar-refractivity contribution in [1.29, 1.82) is 0 Å². The van der Waals surface area contributed by atoms with Gasteiger partial charge in [-0.25, -0.2) is 0 Å². The first-order chi connectivity index (χ1) is 9.67. The third-order valence-electron chi connectivity index (χ3n) is 3.29. The zero-order valence-corrected chi connectivity index (χ0v) is 12.5. The van der Waals surface area contributed by atoms with Crippen LogP contribution in [0.2, 0.25) is 0 Å². The standard InChI is InChI=1S/C16H26N2O2/c1-3-4-10-18(11-12-19)13-16(20)17-14(2)15-8-6-5-7-9-15/h5-9,14,19H,3-4,10-13H2,1-2H3,(H,17,20). The summed E-state index contributed by atoms with van der Waals surface area (Å²) < 4.78 is 0. The summed E-state index contributed by atoms with van der Waals surface area (Å²) >= 11 is 0. The molecule has 0 spiro atoms. The summed E-state index contributed by atoms with van der Waals surface area (Å²) in [6.07, 6.45) is 2.13. The van der Waals surface area contributed by atoms with Crippen molar-refractivity contribution in [2.45, 2.75) is 32.7 Å². The molecule has 0 fully saturated rings. The van der Waals surface area contributed by atoms with Crippen molar-refractivity contribution in [2.75, 3.05) is 26.2 Å². The van der Waals surface area contributed by atoms with Gasteiger partial charge in [0.05, 0.1) is 19.2 Å². The average molecular weight is 278 g/mol. The first kappa shape index (κ1) is 16.7. The van der Waals surface area contributed by atoms with E-state index in [-0.39, 0.29) is 18.6 Å². The molecule has 4 nitrogen and oxygen atoms in total. The molecule has 1 unspecified atom stereocenters. The molecular weight excluding hydrogens is 252 g/mol. The highest BCUT2D eigenvalue weighted by Gasteiger charge is 2.13. The number of amides is 1. The van der Waals surface area contributed by atoms with Gasteiger partial charge in [-0.05, 0) is 25.5 Å². The lowest BCUT2D eigenvalue weighted by Gasteiger charge is -2.22. The summed E-state index contributed by atoms with van der Waals surface area (Å²) in [5, 5.41) is 12.0. The van der Waals surface area contributed by atoms with Crippen LogP contribution in [-0.2, 0) is 4.79 Å². The highest BCUT2D eigenvalue weighted by atomic mass is 16.3. The Balaban J connectivity index is 2.44. The lowest BCUT2D eigenvalue weighted by molar-refractivity contribution is -0.123. The van der Waals surface area contributed by atoms with E-state index in [1.165, 1.54) is 0 Å². The van der Waals surface area contributed by atoms with Crippen LogP contribution in [0, 0.1) is 0 Å². The monoisotopic (exact) mass is 278 g/mol. The summed E-state index contributed by atoms with van der Waals surface area (Å²) in [7, 11) is 0. The smallest absolute Gasteiger partial charge is 0.234 e. The van der Waals surface area contributed by atoms with Crippen molar-refractivity contribution in [3.8, 4) is 0 Å². The van der Waals surface area contributed by atoms with Gasteiger partial charge in [-0.1, -0.05) is 43.7 Å². The zero-order chi connectivity index (χ0) is 14.8. The van der Waals surface area contributed by atoms with Crippen molar-refractivity contribution < 1.29 is 9.90 Å². The lowest BCUT2D eigenvalue weighted by Crippen LogP contribution is -2.40. The Kier molecular flexibility index (Phi) is 7.92. The normalized spacial score (nSPS) is 12.4. The van der Waals surface area contributed by atoms with E-state index >= 15 is 0 Å². The van der Waals surface area contributed by atoms with Crippen molar-refractivity contribution in [2.24, 2.45) is 0 Å². The number of carbonyl (C=O) groups is 1. The molecule has 0 aliphatic heterocycles. The Morgan fingerprint density at radius 3 is 2.60 bits per heavy atom. The van der Waals surface area contributed by atoms with Crippen LogP contribution in [0.1, 0.15) is 38.3 Å². The van der Waals surface area contributed by atoms with Crippen LogP contribution in [0.15, 0.2) is 30.3 Å². The predicted octanol–water partition coefficient (Wildman–Crippen LogP) is 1.96. The number of nitrogens with one attached hydrogen (secondary N) is 1. The molecule has 0 bridgehead atoms. The fourth-order valence-corrected chi connectivity index (χ4v) is 2.11. The molecule has 4 heteroatoms. The van der Waals surface area contributed by atoms with Gasteiger partial charge in [0, 0.05) is 6.54 Å². The quantitative estimate of drug-likeness (QED) is 0.726. The molecule has 0 aromatic heterocycles. The highest BCUT2D eigenvalue weighted by Crippen LogP contribution is 2.10. The third-order valence-corrected chi connectivity index (χ3v) is 3.29. The van der Waals surface area contributed by atoms with Crippen LogP contribution in [0.5, 0.6) is 0 Å². The number of rotatable bonds is 9. The number of nitrogens with zero attached hydrogens (tertiary/aromatic N) is 1. The van der Waals surface area contributed by atoms with Gasteiger partial charge in [0.15, 0.2) is 0 Å². The molecule has 1 rings (SSSR count). The second kappa shape index (κ2) is 9.50. The van der Waals surface area contributed by atoms with Crippen LogP contribution in [0.3, 0.4) is 0 Å². The van der Waals surface area contributed by atoms with Crippen LogP contribution in [-0.4, -0.2) is 42.2 Å². The molecule has 0 aliphatic carbocycles. The molecular formula is C16H26N2O2. The van der Waals surface area contributed by atoms with Crippen molar-refractivity contribution in [3.05, 3.63) is 35.9 Å². The Labute approximate surface area is 121 Å². The molecule has 0 saturated carbocycles. The molecule has 1 aromatic rings. The van der Waals surface area contributed by atoms with E-state index in [1.54, 1.807) is 0 Å². The maximum atomic E-state index is 12.0. The minimum atomic E-state index is 0.00542. The maximum absolute atomic E-state index is 12.0. The van der Waals surface area contributed by atoms with Gasteiger partial charge in [0.25, 0.3) is 0 Å². The number of hydrogen-bond donors (Lipinski definition) is 2. The van der Waals surface area contributed by atoms with E-state index in [4.69, 9.17) is 5.11 Å². The Bertz CT molecular complexity index is 381. The molecule has 2 N–H and O–H groups in total. The molecule has 1 atom stereocenters. The second-order valence-corrected chi connectivity index (χ2v) is 5.05. The van der Waals surface area contributed by atoms with Gasteiger partial charge >= 0.3 is 0 Å². The molecule has 1 aromatic carbocycles. The number of hydrogen-bond acceptors (Lipinski definition) is 3. The fraction of sp³-hybridized carbons (Fsp3) is 0.562. The Hall–Kier alpha value is -1.39. The van der Waals surface area contributed by atoms with E-state index in [2.05, 4.69) is 12.2 Å². The first-order valence-corrected chi connectivity index (χ1v) is 7.35. The number of aliphatic hydroxyl groups is 1. The molecule has 1 amide bonds. The minimum Gasteiger partial charge on any atom is -0.395 e. The predicted molar refractivity (Wildman–Crippen MR) is 81.4 cm³/mol. The summed E-state index contributed by atoms with van der Waals surface area (Å²) in [6.45, 7) is 5.94. The SMILES string of the molecule is CCCCN(CCO)CC(=O)NC(C)c1ccccc1. The van der Waals surface area contributed by atoms with Crippen LogP contribution in [0.25, 0.3) is 0 Å². The molecule has 0 saturated heterocycles. The molecule has 112 valence electrons. The van der Waals surface area contributed by atoms with Gasteiger partial charge in [-0.15, -0.1) is 0 Å². The van der Waals surface area contributed by atoms with Gasteiger partial charge in [-0.3, -0.25) is 9.69 Å². The topological polar surface area (TPSA) is 52.6 Å². The largest absolute Gasteiger partial charge is 0.395 e. The fourth-order valence-electron chi connectivity index (χ4n) is 2.11. The van der Waals surface area contributed by atoms with Crippen molar-refractivity contribution in [1.82, 2.24) is 10.2 Å². The number of aliphatic hydroxyl groups excluding tert-OH is 1. The third kappa shape index (κ3) is 6.17.